The van der Waals surface area contributed by atoms with Crippen LogP contribution < -0.4 is 0 Å². The van der Waals surface area contributed by atoms with Crippen LogP contribution in [0.1, 0.15) is 19.3 Å². The first-order valence-electron chi connectivity index (χ1n) is 3.73. The molecule has 0 saturated carbocycles. The van der Waals surface area contributed by atoms with Crippen LogP contribution in [0.5, 0.6) is 0 Å². The molecule has 0 amide bonds. The van der Waals surface area contributed by atoms with Crippen molar-refractivity contribution in [3.8, 4) is 0 Å². The predicted octanol–water partition coefficient (Wildman–Crippen LogP) is 0.114. The Morgan fingerprint density at radius 3 is 2.90 bits per heavy atom. The topological polar surface area (TPSA) is 49.7 Å². The lowest BCUT2D eigenvalue weighted by Crippen LogP contribution is -2.25. The van der Waals surface area contributed by atoms with Crippen LogP contribution in [0.25, 0.3) is 0 Å². The van der Waals surface area contributed by atoms with Gasteiger partial charge in [0.2, 0.25) is 0 Å². The highest BCUT2D eigenvalue weighted by molar-refractivity contribution is 4.64. The molecule has 1 rings (SSSR count). The lowest BCUT2D eigenvalue weighted by Gasteiger charge is -2.25. The van der Waals surface area contributed by atoms with Gasteiger partial charge in [-0.3, -0.25) is 0 Å². The molecule has 0 aliphatic carbocycles. The van der Waals surface area contributed by atoms with Crippen molar-refractivity contribution in [1.82, 2.24) is 0 Å². The first kappa shape index (κ1) is 7.98. The van der Waals surface area contributed by atoms with Gasteiger partial charge in [-0.15, -0.1) is 0 Å². The van der Waals surface area contributed by atoms with E-state index in [1.165, 1.54) is 0 Å². The molecule has 0 spiro atoms. The third-order valence-corrected chi connectivity index (χ3v) is 1.91. The van der Waals surface area contributed by atoms with E-state index >= 15 is 0 Å². The highest BCUT2D eigenvalue weighted by Gasteiger charge is 2.19. The molecule has 0 aromatic carbocycles. The van der Waals surface area contributed by atoms with Crippen molar-refractivity contribution in [2.75, 3.05) is 13.2 Å². The van der Waals surface area contributed by atoms with Gasteiger partial charge in [0.05, 0.1) is 0 Å². The Labute approximate surface area is 60.6 Å². The fraction of sp³-hybridized carbons (Fsp3) is 1.00. The molecule has 1 fully saturated rings. The van der Waals surface area contributed by atoms with E-state index in [9.17, 15) is 0 Å². The van der Waals surface area contributed by atoms with E-state index in [0.717, 1.165) is 12.8 Å². The fourth-order valence-electron chi connectivity index (χ4n) is 1.29. The van der Waals surface area contributed by atoms with Crippen LogP contribution in [-0.2, 0) is 4.74 Å². The van der Waals surface area contributed by atoms with Crippen LogP contribution in [0.15, 0.2) is 0 Å². The van der Waals surface area contributed by atoms with Crippen molar-refractivity contribution >= 4 is 0 Å². The summed E-state index contributed by atoms with van der Waals surface area (Å²) in [5.74, 6) is 0.453. The van der Waals surface area contributed by atoms with Crippen LogP contribution in [0.3, 0.4) is 0 Å². The molecule has 3 nitrogen and oxygen atoms in total. The zero-order chi connectivity index (χ0) is 7.40. The first-order chi connectivity index (χ1) is 4.83. The minimum absolute atomic E-state index is 0.220. The van der Waals surface area contributed by atoms with Gasteiger partial charge in [-0.1, -0.05) is 0 Å². The van der Waals surface area contributed by atoms with Gasteiger partial charge in [0.25, 0.3) is 0 Å². The molecule has 0 aromatic rings. The summed E-state index contributed by atoms with van der Waals surface area (Å²) in [6.07, 6.45) is 1.85. The van der Waals surface area contributed by atoms with E-state index < -0.39 is 6.29 Å². The monoisotopic (exact) mass is 146 g/mol. The second-order valence-corrected chi connectivity index (χ2v) is 2.73. The average molecular weight is 146 g/mol. The van der Waals surface area contributed by atoms with Gasteiger partial charge in [0, 0.05) is 19.6 Å². The van der Waals surface area contributed by atoms with Crippen molar-refractivity contribution in [2.24, 2.45) is 5.92 Å². The summed E-state index contributed by atoms with van der Waals surface area (Å²) in [6.45, 7) is 0.850. The summed E-state index contributed by atoms with van der Waals surface area (Å²) in [5, 5.41) is 17.6. The molecule has 2 N–H and O–H groups in total. The smallest absolute Gasteiger partial charge is 0.154 e. The minimum atomic E-state index is -0.592. The zero-order valence-corrected chi connectivity index (χ0v) is 5.99. The zero-order valence-electron chi connectivity index (χ0n) is 5.99. The van der Waals surface area contributed by atoms with E-state index in [4.69, 9.17) is 14.9 Å². The number of hydrogen-bond acceptors (Lipinski definition) is 3. The molecular weight excluding hydrogens is 132 g/mol. The first-order valence-corrected chi connectivity index (χ1v) is 3.73. The Kier molecular flexibility index (Phi) is 3.12. The second kappa shape index (κ2) is 3.91. The van der Waals surface area contributed by atoms with Crippen LogP contribution in [-0.4, -0.2) is 29.7 Å². The number of aliphatic hydroxyl groups is 2. The molecule has 60 valence electrons. The lowest BCUT2D eigenvalue weighted by atomic mass is 9.96. The normalized spacial score (nSPS) is 34.2. The molecule has 1 aliphatic rings. The van der Waals surface area contributed by atoms with Crippen molar-refractivity contribution in [1.29, 1.82) is 0 Å². The van der Waals surface area contributed by atoms with E-state index in [1.807, 2.05) is 0 Å². The summed E-state index contributed by atoms with van der Waals surface area (Å²) >= 11 is 0. The number of ether oxygens (including phenoxy) is 1. The Balaban J connectivity index is 2.18. The van der Waals surface area contributed by atoms with Gasteiger partial charge in [-0.25, -0.2) is 0 Å². The predicted molar refractivity (Wildman–Crippen MR) is 36.4 cm³/mol. The summed E-state index contributed by atoms with van der Waals surface area (Å²) in [5.41, 5.74) is 0. The van der Waals surface area contributed by atoms with Gasteiger partial charge < -0.3 is 14.9 Å². The fourth-order valence-corrected chi connectivity index (χ4v) is 1.29. The molecule has 3 heteroatoms. The van der Waals surface area contributed by atoms with Crippen LogP contribution in [0.2, 0.25) is 0 Å². The summed E-state index contributed by atoms with van der Waals surface area (Å²) in [6, 6.07) is 0. The Morgan fingerprint density at radius 2 is 2.30 bits per heavy atom. The van der Waals surface area contributed by atoms with Crippen LogP contribution in [0, 0.1) is 5.92 Å². The Morgan fingerprint density at radius 1 is 1.50 bits per heavy atom. The molecule has 1 heterocycles. The number of rotatable bonds is 2. The third kappa shape index (κ3) is 2.25. The largest absolute Gasteiger partial charge is 0.396 e. The van der Waals surface area contributed by atoms with E-state index in [-0.39, 0.29) is 6.61 Å². The van der Waals surface area contributed by atoms with Gasteiger partial charge in [-0.05, 0) is 18.8 Å². The second-order valence-electron chi connectivity index (χ2n) is 2.73. The van der Waals surface area contributed by atoms with E-state index in [1.54, 1.807) is 0 Å². The molecular formula is C7H14O3. The van der Waals surface area contributed by atoms with Crippen molar-refractivity contribution in [3.63, 3.8) is 0 Å². The lowest BCUT2D eigenvalue weighted by molar-refractivity contribution is -0.139. The van der Waals surface area contributed by atoms with Crippen molar-refractivity contribution < 1.29 is 14.9 Å². The summed E-state index contributed by atoms with van der Waals surface area (Å²) in [7, 11) is 0. The SMILES string of the molecule is OCCC1CCOC(O)C1. The maximum absolute atomic E-state index is 9.00. The third-order valence-electron chi connectivity index (χ3n) is 1.91. The van der Waals surface area contributed by atoms with Gasteiger partial charge in [0.15, 0.2) is 6.29 Å². The quantitative estimate of drug-likeness (QED) is 0.581. The standard InChI is InChI=1S/C7H14O3/c8-3-1-6-2-4-10-7(9)5-6/h6-9H,1-5H2. The highest BCUT2D eigenvalue weighted by atomic mass is 16.6. The Bertz CT molecular complexity index is 92.9. The maximum Gasteiger partial charge on any atom is 0.154 e. The molecule has 1 saturated heterocycles. The maximum atomic E-state index is 9.00. The molecule has 2 unspecified atom stereocenters. The van der Waals surface area contributed by atoms with Gasteiger partial charge >= 0.3 is 0 Å². The average Bonchev–Trinajstić information content (AvgIpc) is 1.88. The summed E-state index contributed by atoms with van der Waals surface area (Å²) in [4.78, 5) is 0. The number of aliphatic hydroxyl groups excluding tert-OH is 2. The number of hydrogen-bond donors (Lipinski definition) is 2. The summed E-state index contributed by atoms with van der Waals surface area (Å²) < 4.78 is 4.93. The van der Waals surface area contributed by atoms with Crippen molar-refractivity contribution in [3.05, 3.63) is 0 Å². The van der Waals surface area contributed by atoms with Gasteiger partial charge in [-0.2, -0.15) is 0 Å². The highest BCUT2D eigenvalue weighted by Crippen LogP contribution is 2.20. The molecule has 0 radical (unpaired) electrons. The van der Waals surface area contributed by atoms with Crippen LogP contribution in [0.4, 0.5) is 0 Å². The molecule has 10 heavy (non-hydrogen) atoms. The molecule has 1 aliphatic heterocycles. The Hall–Kier alpha value is -0.120. The van der Waals surface area contributed by atoms with Crippen molar-refractivity contribution in [2.45, 2.75) is 25.6 Å². The van der Waals surface area contributed by atoms with E-state index in [2.05, 4.69) is 0 Å². The van der Waals surface area contributed by atoms with Crippen LogP contribution >= 0.6 is 0 Å². The minimum Gasteiger partial charge on any atom is -0.396 e. The molecule has 2 atom stereocenters. The van der Waals surface area contributed by atoms with E-state index in [0.29, 0.717) is 18.9 Å². The molecule has 0 bridgehead atoms. The molecule has 0 aromatic heterocycles. The van der Waals surface area contributed by atoms with Gasteiger partial charge in [0.1, 0.15) is 0 Å².